The molecule has 0 saturated heterocycles. The number of anilines is 1. The van der Waals surface area contributed by atoms with Gasteiger partial charge in [-0.05, 0) is 62.6 Å². The van der Waals surface area contributed by atoms with E-state index >= 15 is 0 Å². The Morgan fingerprint density at radius 2 is 2.00 bits per heavy atom. The fraction of sp³-hybridized carbons (Fsp3) is 0.316. The predicted molar refractivity (Wildman–Crippen MR) is 104 cm³/mol. The standard InChI is InChI=1S/C19H23N3O4S/c1-12-10-14(13(2)22(12)16-6-7-16)4-9-19(23)21-15-5-8-17(26-3)18(11-15)27(20,24)25/h4-5,8-11,16H,6-7H2,1-3H3,(H,21,23)(H2,20,24,25)/b9-4+. The number of nitrogens with zero attached hydrogens (tertiary/aromatic N) is 1. The molecule has 8 heteroatoms. The fourth-order valence-corrected chi connectivity index (χ4v) is 3.92. The maximum atomic E-state index is 12.2. The van der Waals surface area contributed by atoms with Crippen LogP contribution in [-0.2, 0) is 14.8 Å². The molecule has 7 nitrogen and oxygen atoms in total. The molecule has 1 fully saturated rings. The predicted octanol–water partition coefficient (Wildman–Crippen LogP) is 2.75. The van der Waals surface area contributed by atoms with E-state index in [9.17, 15) is 13.2 Å². The van der Waals surface area contributed by atoms with E-state index in [1.807, 2.05) is 6.92 Å². The first-order valence-corrected chi connectivity index (χ1v) is 10.1. The molecular formula is C19H23N3O4S. The number of hydrogen-bond donors (Lipinski definition) is 2. The zero-order chi connectivity index (χ0) is 19.8. The van der Waals surface area contributed by atoms with Gasteiger partial charge in [-0.25, -0.2) is 13.6 Å². The zero-order valence-electron chi connectivity index (χ0n) is 15.5. The molecule has 0 bridgehead atoms. The van der Waals surface area contributed by atoms with Gasteiger partial charge in [-0.3, -0.25) is 4.79 Å². The summed E-state index contributed by atoms with van der Waals surface area (Å²) in [6.07, 6.45) is 5.59. The number of nitrogens with one attached hydrogen (secondary N) is 1. The Kier molecular flexibility index (Phi) is 5.12. The van der Waals surface area contributed by atoms with Crippen LogP contribution in [0.5, 0.6) is 5.75 Å². The minimum atomic E-state index is -3.97. The number of methoxy groups -OCH3 is 1. The van der Waals surface area contributed by atoms with Crippen molar-refractivity contribution in [2.45, 2.75) is 37.6 Å². The van der Waals surface area contributed by atoms with E-state index in [1.165, 1.54) is 43.9 Å². The molecule has 0 radical (unpaired) electrons. The lowest BCUT2D eigenvalue weighted by Crippen LogP contribution is -2.15. The van der Waals surface area contributed by atoms with E-state index < -0.39 is 10.0 Å². The zero-order valence-corrected chi connectivity index (χ0v) is 16.3. The Balaban J connectivity index is 1.76. The number of nitrogens with two attached hydrogens (primary N) is 1. The van der Waals surface area contributed by atoms with Gasteiger partial charge in [0.2, 0.25) is 15.9 Å². The van der Waals surface area contributed by atoms with E-state index in [4.69, 9.17) is 9.88 Å². The highest BCUT2D eigenvalue weighted by atomic mass is 32.2. The second kappa shape index (κ2) is 7.21. The van der Waals surface area contributed by atoms with Gasteiger partial charge in [0.15, 0.2) is 0 Å². The van der Waals surface area contributed by atoms with Crippen LogP contribution in [0.1, 0.15) is 35.8 Å². The van der Waals surface area contributed by atoms with Gasteiger partial charge in [-0.2, -0.15) is 0 Å². The normalized spacial score (nSPS) is 14.5. The van der Waals surface area contributed by atoms with Crippen molar-refractivity contribution in [3.05, 3.63) is 47.3 Å². The molecule has 1 aromatic carbocycles. The summed E-state index contributed by atoms with van der Waals surface area (Å²) in [7, 11) is -2.62. The Labute approximate surface area is 158 Å². The molecule has 144 valence electrons. The molecule has 3 N–H and O–H groups in total. The first kappa shape index (κ1) is 19.2. The van der Waals surface area contributed by atoms with Crippen molar-refractivity contribution >= 4 is 27.7 Å². The van der Waals surface area contributed by atoms with Crippen molar-refractivity contribution in [3.63, 3.8) is 0 Å². The number of aryl methyl sites for hydroxylation is 1. The third-order valence-electron chi connectivity index (χ3n) is 4.59. The number of sulfonamides is 1. The highest BCUT2D eigenvalue weighted by Crippen LogP contribution is 2.38. The molecular weight excluding hydrogens is 366 g/mol. The molecule has 3 rings (SSSR count). The van der Waals surface area contributed by atoms with Gasteiger partial charge in [0.1, 0.15) is 10.6 Å². The number of ether oxygens (including phenoxy) is 1. The third-order valence-corrected chi connectivity index (χ3v) is 5.52. The number of carbonyl (C=O) groups excluding carboxylic acids is 1. The highest BCUT2D eigenvalue weighted by Gasteiger charge is 2.26. The van der Waals surface area contributed by atoms with Gasteiger partial charge in [-0.15, -0.1) is 0 Å². The molecule has 0 aliphatic heterocycles. The molecule has 1 amide bonds. The van der Waals surface area contributed by atoms with Gasteiger partial charge in [-0.1, -0.05) is 0 Å². The van der Waals surface area contributed by atoms with Crippen LogP contribution in [0.4, 0.5) is 5.69 Å². The maximum absolute atomic E-state index is 12.2. The minimum Gasteiger partial charge on any atom is -0.495 e. The monoisotopic (exact) mass is 389 g/mol. The molecule has 1 heterocycles. The minimum absolute atomic E-state index is 0.124. The number of amides is 1. The number of benzene rings is 1. The Morgan fingerprint density at radius 1 is 1.30 bits per heavy atom. The van der Waals surface area contributed by atoms with Crippen molar-refractivity contribution in [2.75, 3.05) is 12.4 Å². The molecule has 0 spiro atoms. The number of hydrogen-bond acceptors (Lipinski definition) is 4. The van der Waals surface area contributed by atoms with Crippen LogP contribution in [0.25, 0.3) is 6.08 Å². The van der Waals surface area contributed by atoms with E-state index in [0.29, 0.717) is 11.7 Å². The molecule has 1 aromatic heterocycles. The summed E-state index contributed by atoms with van der Waals surface area (Å²) >= 11 is 0. The quantitative estimate of drug-likeness (QED) is 0.741. The SMILES string of the molecule is COc1ccc(NC(=O)/C=C/c2cc(C)n(C3CC3)c2C)cc1S(N)(=O)=O. The van der Waals surface area contributed by atoms with Crippen molar-refractivity contribution in [3.8, 4) is 5.75 Å². The van der Waals surface area contributed by atoms with E-state index in [1.54, 1.807) is 12.1 Å². The molecule has 27 heavy (non-hydrogen) atoms. The smallest absolute Gasteiger partial charge is 0.248 e. The second-order valence-electron chi connectivity index (χ2n) is 6.66. The van der Waals surface area contributed by atoms with Crippen molar-refractivity contribution < 1.29 is 17.9 Å². The summed E-state index contributed by atoms with van der Waals surface area (Å²) in [5.41, 5.74) is 3.63. The van der Waals surface area contributed by atoms with Crippen molar-refractivity contribution in [1.82, 2.24) is 4.57 Å². The number of primary sulfonamides is 1. The summed E-state index contributed by atoms with van der Waals surface area (Å²) in [6, 6.07) is 6.92. The van der Waals surface area contributed by atoms with Gasteiger partial charge >= 0.3 is 0 Å². The van der Waals surface area contributed by atoms with E-state index in [-0.39, 0.29) is 16.6 Å². The average molecular weight is 389 g/mol. The average Bonchev–Trinajstić information content (AvgIpc) is 3.38. The first-order chi connectivity index (χ1) is 12.7. The van der Waals surface area contributed by atoms with Gasteiger partial charge < -0.3 is 14.6 Å². The third kappa shape index (κ3) is 4.23. The molecule has 0 unspecified atom stereocenters. The molecule has 2 aromatic rings. The Bertz CT molecular complexity index is 1020. The topological polar surface area (TPSA) is 103 Å². The van der Waals surface area contributed by atoms with Crippen LogP contribution in [0.2, 0.25) is 0 Å². The lowest BCUT2D eigenvalue weighted by Gasteiger charge is -2.09. The fourth-order valence-electron chi connectivity index (χ4n) is 3.19. The summed E-state index contributed by atoms with van der Waals surface area (Å²) in [4.78, 5) is 12.1. The number of aromatic nitrogens is 1. The lowest BCUT2D eigenvalue weighted by atomic mass is 10.2. The number of carbonyl (C=O) groups is 1. The van der Waals surface area contributed by atoms with Crippen LogP contribution in [0.15, 0.2) is 35.2 Å². The Morgan fingerprint density at radius 3 is 2.59 bits per heavy atom. The van der Waals surface area contributed by atoms with Crippen LogP contribution in [0.3, 0.4) is 0 Å². The maximum Gasteiger partial charge on any atom is 0.248 e. The summed E-state index contributed by atoms with van der Waals surface area (Å²) in [6.45, 7) is 4.11. The summed E-state index contributed by atoms with van der Waals surface area (Å²) < 4.78 is 30.6. The van der Waals surface area contributed by atoms with E-state index in [2.05, 4.69) is 22.9 Å². The van der Waals surface area contributed by atoms with Crippen molar-refractivity contribution in [2.24, 2.45) is 5.14 Å². The van der Waals surface area contributed by atoms with Gasteiger partial charge in [0.05, 0.1) is 7.11 Å². The second-order valence-corrected chi connectivity index (χ2v) is 8.19. The largest absolute Gasteiger partial charge is 0.495 e. The van der Waals surface area contributed by atoms with Crippen LogP contribution < -0.4 is 15.2 Å². The van der Waals surface area contributed by atoms with Gasteiger partial charge in [0.25, 0.3) is 0 Å². The van der Waals surface area contributed by atoms with Gasteiger partial charge in [0, 0.05) is 29.2 Å². The van der Waals surface area contributed by atoms with Crippen LogP contribution in [0, 0.1) is 13.8 Å². The number of rotatable bonds is 6. The molecule has 1 saturated carbocycles. The van der Waals surface area contributed by atoms with Crippen molar-refractivity contribution in [1.29, 1.82) is 0 Å². The van der Waals surface area contributed by atoms with Crippen LogP contribution >= 0.6 is 0 Å². The molecule has 1 aliphatic carbocycles. The summed E-state index contributed by atoms with van der Waals surface area (Å²) in [5.74, 6) is -0.240. The van der Waals surface area contributed by atoms with E-state index in [0.717, 1.165) is 11.3 Å². The Hall–Kier alpha value is -2.58. The lowest BCUT2D eigenvalue weighted by molar-refractivity contribution is -0.111. The molecule has 1 aliphatic rings. The summed E-state index contributed by atoms with van der Waals surface area (Å²) in [5, 5.41) is 7.84. The first-order valence-electron chi connectivity index (χ1n) is 8.59. The van der Waals surface area contributed by atoms with Crippen LogP contribution in [-0.4, -0.2) is 26.0 Å². The highest BCUT2D eigenvalue weighted by molar-refractivity contribution is 7.89. The molecule has 0 atom stereocenters.